The molecule has 10 nitrogen and oxygen atoms in total. The number of aliphatic hydroxyl groups excluding tert-OH is 2. The first-order valence-corrected chi connectivity index (χ1v) is 18.9. The largest absolute Gasteiger partial charge is 0.458 e. The van der Waals surface area contributed by atoms with Crippen molar-refractivity contribution in [2.45, 2.75) is 167 Å². The number of esters is 1. The van der Waals surface area contributed by atoms with Crippen LogP contribution in [0.2, 0.25) is 0 Å². The molecule has 3 N–H and O–H groups in total. The molecule has 48 heavy (non-hydrogen) atoms. The number of carbonyl (C=O) groups excluding carboxylic acids is 1. The fourth-order valence-electron chi connectivity index (χ4n) is 11.6. The highest BCUT2D eigenvalue weighted by Crippen LogP contribution is 2.70. The predicted molar refractivity (Wildman–Crippen MR) is 175 cm³/mol. The van der Waals surface area contributed by atoms with Crippen molar-refractivity contribution in [3.8, 4) is 0 Å². The number of ether oxygens (including phenoxy) is 6. The Morgan fingerprint density at radius 1 is 0.917 bits per heavy atom. The van der Waals surface area contributed by atoms with Crippen molar-refractivity contribution in [3.05, 3.63) is 11.6 Å². The number of cyclic esters (lactones) is 1. The molecule has 4 saturated carbocycles. The van der Waals surface area contributed by atoms with Crippen LogP contribution in [0.4, 0.5) is 0 Å². The van der Waals surface area contributed by atoms with Crippen molar-refractivity contribution >= 4 is 5.97 Å². The van der Waals surface area contributed by atoms with Crippen LogP contribution in [0.1, 0.15) is 106 Å². The molecule has 0 radical (unpaired) electrons. The van der Waals surface area contributed by atoms with Crippen molar-refractivity contribution in [1.29, 1.82) is 0 Å². The Balaban J connectivity index is 0.948. The second kappa shape index (κ2) is 13.1. The molecule has 0 spiro atoms. The van der Waals surface area contributed by atoms with Crippen molar-refractivity contribution in [2.24, 2.45) is 40.4 Å². The molecule has 0 aromatic heterocycles. The molecule has 7 aliphatic rings. The average Bonchev–Trinajstić information content (AvgIpc) is 3.65. The van der Waals surface area contributed by atoms with E-state index in [1.807, 2.05) is 13.8 Å². The third-order valence-corrected chi connectivity index (χ3v) is 14.3. The Morgan fingerprint density at radius 3 is 2.40 bits per heavy atom. The Hall–Kier alpha value is -1.11. The summed E-state index contributed by atoms with van der Waals surface area (Å²) in [4.78, 5) is 11.9. The Morgan fingerprint density at radius 2 is 1.69 bits per heavy atom. The number of carbonyl (C=O) groups is 1. The first-order chi connectivity index (χ1) is 22.7. The highest BCUT2D eigenvalue weighted by Gasteiger charge is 2.68. The fourth-order valence-corrected chi connectivity index (χ4v) is 11.6. The summed E-state index contributed by atoms with van der Waals surface area (Å²) in [6.07, 6.45) is 5.70. The van der Waals surface area contributed by atoms with E-state index in [0.717, 1.165) is 63.4 Å². The van der Waals surface area contributed by atoms with E-state index in [9.17, 15) is 20.1 Å². The van der Waals surface area contributed by atoms with Gasteiger partial charge in [0.1, 0.15) is 24.9 Å². The summed E-state index contributed by atoms with van der Waals surface area (Å²) in [6.45, 7) is 13.6. The lowest BCUT2D eigenvalue weighted by atomic mass is 9.43. The highest BCUT2D eigenvalue weighted by molar-refractivity contribution is 5.85. The normalized spacial score (nSPS) is 52.1. The van der Waals surface area contributed by atoms with Gasteiger partial charge in [0, 0.05) is 24.5 Å². The summed E-state index contributed by atoms with van der Waals surface area (Å²) in [5, 5.41) is 34.6. The molecular weight excluding hydrogens is 616 g/mol. The van der Waals surface area contributed by atoms with Gasteiger partial charge in [-0.25, -0.2) is 4.79 Å². The van der Waals surface area contributed by atoms with Crippen LogP contribution in [0.25, 0.3) is 0 Å². The molecule has 0 aromatic rings. The van der Waals surface area contributed by atoms with Crippen LogP contribution in [0.15, 0.2) is 11.6 Å². The van der Waals surface area contributed by atoms with Crippen LogP contribution in [0.3, 0.4) is 0 Å². The lowest BCUT2D eigenvalue weighted by Crippen LogP contribution is -2.62. The minimum absolute atomic E-state index is 0.0171. The second-order valence-electron chi connectivity index (χ2n) is 17.4. The van der Waals surface area contributed by atoms with Crippen LogP contribution in [0.5, 0.6) is 0 Å². The van der Waals surface area contributed by atoms with E-state index in [-0.39, 0.29) is 47.3 Å². The average molecular weight is 677 g/mol. The summed E-state index contributed by atoms with van der Waals surface area (Å²) in [5.41, 5.74) is 0.250. The molecule has 0 aromatic carbocycles. The Kier molecular flexibility index (Phi) is 9.66. The molecule has 3 heterocycles. The molecule has 272 valence electrons. The van der Waals surface area contributed by atoms with E-state index < -0.39 is 48.7 Å². The maximum Gasteiger partial charge on any atom is 0.331 e. The van der Waals surface area contributed by atoms with Gasteiger partial charge in [-0.1, -0.05) is 27.7 Å². The fraction of sp³-hybridized carbons (Fsp3) is 0.921. The van der Waals surface area contributed by atoms with E-state index >= 15 is 0 Å². The summed E-state index contributed by atoms with van der Waals surface area (Å²) < 4.78 is 36.2. The molecule has 0 amide bonds. The van der Waals surface area contributed by atoms with Gasteiger partial charge in [0.25, 0.3) is 0 Å². The van der Waals surface area contributed by atoms with Crippen LogP contribution in [-0.2, 0) is 33.2 Å². The number of hydrogen-bond acceptors (Lipinski definition) is 10. The summed E-state index contributed by atoms with van der Waals surface area (Å²) >= 11 is 0. The number of hydrogen-bond donors (Lipinski definition) is 3. The molecule has 12 unspecified atom stereocenters. The third kappa shape index (κ3) is 5.92. The zero-order chi connectivity index (χ0) is 34.2. The molecule has 0 bridgehead atoms. The molecule has 4 aliphatic carbocycles. The molecule has 6 fully saturated rings. The smallest absolute Gasteiger partial charge is 0.331 e. The van der Waals surface area contributed by atoms with E-state index in [2.05, 4.69) is 27.7 Å². The molecule has 16 atom stereocenters. The quantitative estimate of drug-likeness (QED) is 0.312. The van der Waals surface area contributed by atoms with Crippen LogP contribution >= 0.6 is 0 Å². The third-order valence-electron chi connectivity index (χ3n) is 14.3. The van der Waals surface area contributed by atoms with Gasteiger partial charge in [0.2, 0.25) is 0 Å². The molecular formula is C38H60O10. The maximum atomic E-state index is 12.5. The van der Waals surface area contributed by atoms with Gasteiger partial charge in [0.05, 0.1) is 30.0 Å². The lowest BCUT2D eigenvalue weighted by Gasteiger charge is -2.63. The van der Waals surface area contributed by atoms with Gasteiger partial charge >= 0.3 is 5.97 Å². The zero-order valence-electron chi connectivity index (χ0n) is 29.8. The topological polar surface area (TPSA) is 133 Å². The summed E-state index contributed by atoms with van der Waals surface area (Å²) in [5.74, 6) is 1.52. The number of rotatable bonds is 8. The van der Waals surface area contributed by atoms with E-state index in [0.29, 0.717) is 31.0 Å². The zero-order valence-corrected chi connectivity index (χ0v) is 29.8. The minimum atomic E-state index is -0.966. The lowest BCUT2D eigenvalue weighted by molar-refractivity contribution is -0.276. The minimum Gasteiger partial charge on any atom is -0.458 e. The molecule has 10 heteroatoms. The maximum absolute atomic E-state index is 12.5. The predicted octanol–water partition coefficient (Wildman–Crippen LogP) is 4.66. The number of fused-ring (bicyclic) bond motifs is 5. The van der Waals surface area contributed by atoms with Gasteiger partial charge in [-0.2, -0.15) is 0 Å². The molecule has 7 rings (SSSR count). The van der Waals surface area contributed by atoms with Gasteiger partial charge in [0.15, 0.2) is 12.6 Å². The van der Waals surface area contributed by atoms with Crippen LogP contribution in [0, 0.1) is 40.4 Å². The van der Waals surface area contributed by atoms with Crippen molar-refractivity contribution in [2.75, 3.05) is 13.2 Å². The van der Waals surface area contributed by atoms with E-state index in [1.54, 1.807) is 6.08 Å². The Bertz CT molecular complexity index is 1210. The van der Waals surface area contributed by atoms with Gasteiger partial charge in [-0.3, -0.25) is 0 Å². The van der Waals surface area contributed by atoms with Crippen LogP contribution in [-0.4, -0.2) is 95.4 Å². The van der Waals surface area contributed by atoms with Crippen molar-refractivity contribution < 1.29 is 48.5 Å². The van der Waals surface area contributed by atoms with E-state index in [4.69, 9.17) is 28.4 Å². The summed E-state index contributed by atoms with van der Waals surface area (Å²) in [6, 6.07) is 0. The highest BCUT2D eigenvalue weighted by atomic mass is 16.7. The second-order valence-corrected chi connectivity index (χ2v) is 17.4. The van der Waals surface area contributed by atoms with Crippen LogP contribution < -0.4 is 0 Å². The van der Waals surface area contributed by atoms with Crippen molar-refractivity contribution in [3.63, 3.8) is 0 Å². The van der Waals surface area contributed by atoms with Gasteiger partial charge in [-0.15, -0.1) is 0 Å². The first kappa shape index (κ1) is 35.3. The SMILES string of the molecule is CC(C)CO[C@H]1C(O)C[C@H](O[C@@H]2C(C)OC(O[C@H]3CCC4(C)C(CCC5C4CCC4(C)C(C6=CC(=O)OC6)CCC54O)C3)C2O)OC1C. The number of aliphatic hydroxyl groups is 3. The molecule has 2 saturated heterocycles. The van der Waals surface area contributed by atoms with Crippen molar-refractivity contribution in [1.82, 2.24) is 0 Å². The Labute approximate surface area is 286 Å². The van der Waals surface area contributed by atoms with E-state index in [1.165, 1.54) is 0 Å². The van der Waals surface area contributed by atoms with Gasteiger partial charge in [-0.05, 0) is 112 Å². The monoisotopic (exact) mass is 676 g/mol. The van der Waals surface area contributed by atoms with Gasteiger partial charge < -0.3 is 43.7 Å². The first-order valence-electron chi connectivity index (χ1n) is 18.9. The molecule has 3 aliphatic heterocycles. The summed E-state index contributed by atoms with van der Waals surface area (Å²) in [7, 11) is 0. The standard InChI is InChI=1S/C38H60O10/c1-20(2)18-44-33-21(3)45-31(17-29(33)39)48-34-22(4)46-35(32(34)41)47-25-9-12-36(5)24(16-25)7-8-28-27(36)10-13-37(6)26(11-14-38(28,37)42)23-15-30(40)43-19-23/h15,20-22,24-29,31-35,39,41-42H,7-14,16-19H2,1-6H3/t21?,22?,24?,25-,26?,27?,28?,29?,31-,32?,33+,34+,35?,36?,37?,38?/m0/s1.